The lowest BCUT2D eigenvalue weighted by Gasteiger charge is -2.10. The second kappa shape index (κ2) is 11.8. The fourth-order valence-corrected chi connectivity index (χ4v) is 3.59. The third-order valence-electron chi connectivity index (χ3n) is 4.93. The van der Waals surface area contributed by atoms with E-state index in [1.54, 1.807) is 6.21 Å². The number of ether oxygens (including phenoxy) is 2. The summed E-state index contributed by atoms with van der Waals surface area (Å²) in [4.78, 5) is 12.2. The van der Waals surface area contributed by atoms with Crippen LogP contribution in [0.25, 0.3) is 11.1 Å². The van der Waals surface area contributed by atoms with Crippen molar-refractivity contribution >= 4 is 28.1 Å². The highest BCUT2D eigenvalue weighted by atomic mass is 79.9. The minimum absolute atomic E-state index is 0.141. The summed E-state index contributed by atoms with van der Waals surface area (Å²) >= 11 is 3.46. The summed E-state index contributed by atoms with van der Waals surface area (Å²) in [6, 6.07) is 33.2. The van der Waals surface area contributed by atoms with Crippen molar-refractivity contribution in [3.63, 3.8) is 0 Å². The molecule has 170 valence electrons. The number of amides is 1. The lowest BCUT2D eigenvalue weighted by molar-refractivity contribution is -0.123. The predicted molar refractivity (Wildman–Crippen MR) is 138 cm³/mol. The van der Waals surface area contributed by atoms with Crippen LogP contribution in [-0.2, 0) is 11.4 Å². The van der Waals surface area contributed by atoms with Crippen LogP contribution in [0, 0.1) is 0 Å². The maximum Gasteiger partial charge on any atom is 0.277 e. The number of hydrazone groups is 1. The Bertz CT molecular complexity index is 1240. The van der Waals surface area contributed by atoms with E-state index in [0.29, 0.717) is 18.1 Å². The quantitative estimate of drug-likeness (QED) is 0.213. The normalized spacial score (nSPS) is 10.7. The second-order valence-corrected chi connectivity index (χ2v) is 8.34. The molecule has 6 heteroatoms. The van der Waals surface area contributed by atoms with Gasteiger partial charge in [0.25, 0.3) is 5.91 Å². The summed E-state index contributed by atoms with van der Waals surface area (Å²) in [7, 11) is 0. The van der Waals surface area contributed by atoms with Gasteiger partial charge in [-0.05, 0) is 47.0 Å². The Hall–Kier alpha value is -3.90. The number of benzene rings is 4. The molecule has 0 radical (unpaired) electrons. The predicted octanol–water partition coefficient (Wildman–Crippen LogP) is 6.22. The van der Waals surface area contributed by atoms with Crippen molar-refractivity contribution in [2.75, 3.05) is 6.61 Å². The molecule has 0 aliphatic rings. The van der Waals surface area contributed by atoms with Gasteiger partial charge in [-0.2, -0.15) is 5.10 Å². The average Bonchev–Trinajstić information content (AvgIpc) is 2.88. The number of carbonyl (C=O) groups excluding carboxylic acids is 1. The molecule has 4 rings (SSSR count). The Morgan fingerprint density at radius 3 is 2.24 bits per heavy atom. The van der Waals surface area contributed by atoms with Crippen LogP contribution < -0.4 is 14.9 Å². The Balaban J connectivity index is 1.29. The number of rotatable bonds is 9. The van der Waals surface area contributed by atoms with E-state index in [9.17, 15) is 4.79 Å². The third-order valence-corrected chi connectivity index (χ3v) is 5.43. The van der Waals surface area contributed by atoms with E-state index in [2.05, 4.69) is 26.5 Å². The highest BCUT2D eigenvalue weighted by Crippen LogP contribution is 2.23. The Morgan fingerprint density at radius 1 is 0.824 bits per heavy atom. The Morgan fingerprint density at radius 2 is 1.50 bits per heavy atom. The largest absolute Gasteiger partial charge is 0.488 e. The molecule has 0 aliphatic carbocycles. The lowest BCUT2D eigenvalue weighted by atomic mass is 10.1. The summed E-state index contributed by atoms with van der Waals surface area (Å²) in [5.74, 6) is 0.923. The van der Waals surface area contributed by atoms with E-state index in [4.69, 9.17) is 9.47 Å². The van der Waals surface area contributed by atoms with Crippen molar-refractivity contribution in [1.29, 1.82) is 0 Å². The summed E-state index contributed by atoms with van der Waals surface area (Å²) in [5.41, 5.74) is 6.51. The van der Waals surface area contributed by atoms with E-state index < -0.39 is 0 Å². The van der Waals surface area contributed by atoms with Crippen molar-refractivity contribution in [3.05, 3.63) is 119 Å². The molecule has 1 amide bonds. The number of halogens is 1. The first kappa shape index (κ1) is 23.3. The van der Waals surface area contributed by atoms with Gasteiger partial charge in [0, 0.05) is 10.0 Å². The molecular weight excluding hydrogens is 492 g/mol. The van der Waals surface area contributed by atoms with Crippen molar-refractivity contribution in [2.24, 2.45) is 5.10 Å². The van der Waals surface area contributed by atoms with E-state index in [1.165, 1.54) is 0 Å². The van der Waals surface area contributed by atoms with Gasteiger partial charge >= 0.3 is 0 Å². The van der Waals surface area contributed by atoms with Crippen LogP contribution in [0.4, 0.5) is 0 Å². The minimum Gasteiger partial charge on any atom is -0.488 e. The zero-order chi connectivity index (χ0) is 23.6. The van der Waals surface area contributed by atoms with Crippen LogP contribution in [0.2, 0.25) is 0 Å². The standard InChI is InChI=1S/C28H23BrN2O3/c29-25-13-16-27(34-19-21-7-3-1-4-8-21)24(17-25)18-30-31-28(32)20-33-26-14-11-23(12-15-26)22-9-5-2-6-10-22/h1-18H,19-20H2,(H,31,32)/b30-18-. The topological polar surface area (TPSA) is 59.9 Å². The lowest BCUT2D eigenvalue weighted by Crippen LogP contribution is -2.24. The smallest absolute Gasteiger partial charge is 0.277 e. The average molecular weight is 515 g/mol. The molecule has 0 spiro atoms. The molecule has 0 atom stereocenters. The monoisotopic (exact) mass is 514 g/mol. The minimum atomic E-state index is -0.356. The van der Waals surface area contributed by atoms with Gasteiger partial charge in [0.1, 0.15) is 18.1 Å². The SMILES string of the molecule is O=C(COc1ccc(-c2ccccc2)cc1)N/N=C\c1cc(Br)ccc1OCc1ccccc1. The molecule has 0 saturated heterocycles. The zero-order valence-corrected chi connectivity index (χ0v) is 19.9. The van der Waals surface area contributed by atoms with Gasteiger partial charge in [-0.1, -0.05) is 88.7 Å². The van der Waals surface area contributed by atoms with Gasteiger partial charge in [-0.25, -0.2) is 5.43 Å². The van der Waals surface area contributed by atoms with Gasteiger partial charge in [-0.15, -0.1) is 0 Å². The molecule has 1 N–H and O–H groups in total. The molecule has 34 heavy (non-hydrogen) atoms. The maximum absolute atomic E-state index is 12.2. The van der Waals surface area contributed by atoms with Crippen LogP contribution >= 0.6 is 15.9 Å². The molecule has 4 aromatic carbocycles. The molecule has 0 saturated carbocycles. The first-order valence-electron chi connectivity index (χ1n) is 10.7. The fraction of sp³-hybridized carbons (Fsp3) is 0.0714. The van der Waals surface area contributed by atoms with Crippen molar-refractivity contribution in [1.82, 2.24) is 5.43 Å². The molecule has 5 nitrogen and oxygen atoms in total. The van der Waals surface area contributed by atoms with Gasteiger partial charge in [0.2, 0.25) is 0 Å². The van der Waals surface area contributed by atoms with Gasteiger partial charge in [0.05, 0.1) is 6.21 Å². The molecule has 0 aliphatic heterocycles. The zero-order valence-electron chi connectivity index (χ0n) is 18.4. The summed E-state index contributed by atoms with van der Waals surface area (Å²) in [6.45, 7) is 0.296. The first-order chi connectivity index (χ1) is 16.7. The van der Waals surface area contributed by atoms with Gasteiger partial charge < -0.3 is 9.47 Å². The van der Waals surface area contributed by atoms with E-state index in [1.807, 2.05) is 103 Å². The summed E-state index contributed by atoms with van der Waals surface area (Å²) in [5, 5.41) is 4.06. The number of nitrogens with one attached hydrogen (secondary N) is 1. The molecule has 0 bridgehead atoms. The van der Waals surface area contributed by atoms with Gasteiger partial charge in [0.15, 0.2) is 6.61 Å². The Labute approximate surface area is 207 Å². The van der Waals surface area contributed by atoms with E-state index in [0.717, 1.165) is 26.7 Å². The fourth-order valence-electron chi connectivity index (χ4n) is 3.22. The van der Waals surface area contributed by atoms with Crippen LogP contribution in [0.1, 0.15) is 11.1 Å². The summed E-state index contributed by atoms with van der Waals surface area (Å²) in [6.07, 6.45) is 1.55. The highest BCUT2D eigenvalue weighted by molar-refractivity contribution is 9.10. The first-order valence-corrected chi connectivity index (χ1v) is 11.5. The van der Waals surface area contributed by atoms with Crippen LogP contribution in [0.15, 0.2) is 113 Å². The molecule has 0 fully saturated rings. The van der Waals surface area contributed by atoms with Crippen molar-refractivity contribution < 1.29 is 14.3 Å². The molecule has 0 heterocycles. The third kappa shape index (κ3) is 6.80. The molecular formula is C28H23BrN2O3. The van der Waals surface area contributed by atoms with Crippen LogP contribution in [0.5, 0.6) is 11.5 Å². The second-order valence-electron chi connectivity index (χ2n) is 7.43. The van der Waals surface area contributed by atoms with Crippen molar-refractivity contribution in [2.45, 2.75) is 6.61 Å². The Kier molecular flexibility index (Phi) is 8.08. The summed E-state index contributed by atoms with van der Waals surface area (Å²) < 4.78 is 12.4. The number of carbonyl (C=O) groups is 1. The van der Waals surface area contributed by atoms with E-state index >= 15 is 0 Å². The number of hydrogen-bond donors (Lipinski definition) is 1. The molecule has 0 unspecified atom stereocenters. The van der Waals surface area contributed by atoms with E-state index in [-0.39, 0.29) is 12.5 Å². The van der Waals surface area contributed by atoms with Crippen LogP contribution in [0.3, 0.4) is 0 Å². The molecule has 0 aromatic heterocycles. The molecule has 4 aromatic rings. The number of nitrogens with zero attached hydrogens (tertiary/aromatic N) is 1. The van der Waals surface area contributed by atoms with Gasteiger partial charge in [-0.3, -0.25) is 4.79 Å². The van der Waals surface area contributed by atoms with Crippen LogP contribution in [-0.4, -0.2) is 18.7 Å². The number of hydrogen-bond acceptors (Lipinski definition) is 4. The maximum atomic E-state index is 12.2. The van der Waals surface area contributed by atoms with Crippen molar-refractivity contribution in [3.8, 4) is 22.6 Å². The highest BCUT2D eigenvalue weighted by Gasteiger charge is 2.06.